The van der Waals surface area contributed by atoms with Gasteiger partial charge in [-0.2, -0.15) is 5.10 Å². The number of aryl methyl sites for hydroxylation is 2. The maximum atomic E-state index is 13.0. The molecule has 21 heavy (non-hydrogen) atoms. The maximum Gasteiger partial charge on any atom is 0.123 e. The Morgan fingerprint density at radius 1 is 1.24 bits per heavy atom. The number of hydrogen-bond donors (Lipinski definition) is 1. The van der Waals surface area contributed by atoms with E-state index in [1.807, 2.05) is 30.8 Å². The molecule has 1 heterocycles. The first-order valence-corrected chi connectivity index (χ1v) is 7.53. The quantitative estimate of drug-likeness (QED) is 0.849. The Morgan fingerprint density at radius 2 is 1.95 bits per heavy atom. The summed E-state index contributed by atoms with van der Waals surface area (Å²) in [6, 6.07) is 8.97. The minimum absolute atomic E-state index is 0.177. The summed E-state index contributed by atoms with van der Waals surface area (Å²) in [6.07, 6.45) is 1.92. The van der Waals surface area contributed by atoms with Gasteiger partial charge in [-0.05, 0) is 62.5 Å². The van der Waals surface area contributed by atoms with Gasteiger partial charge in [-0.25, -0.2) is 4.39 Å². The number of nitrogens with one attached hydrogen (secondary N) is 1. The van der Waals surface area contributed by atoms with Crippen LogP contribution in [0.25, 0.3) is 0 Å². The van der Waals surface area contributed by atoms with Crippen molar-refractivity contribution in [1.82, 2.24) is 15.1 Å². The van der Waals surface area contributed by atoms with E-state index in [0.717, 1.165) is 31.6 Å². The summed E-state index contributed by atoms with van der Waals surface area (Å²) in [6.45, 7) is 6.05. The third kappa shape index (κ3) is 4.67. The standard InChI is InChI=1S/C17H24FN3/c1-4-19-12-15(10-14-5-7-16(18)8-6-14)11-17-9-13(2)20-21(17)3/h5-9,15,19H,4,10-12H2,1-3H3. The smallest absolute Gasteiger partial charge is 0.123 e. The summed E-state index contributed by atoms with van der Waals surface area (Å²) >= 11 is 0. The van der Waals surface area contributed by atoms with Crippen LogP contribution in [0.3, 0.4) is 0 Å². The second kappa shape index (κ2) is 7.36. The van der Waals surface area contributed by atoms with E-state index in [4.69, 9.17) is 0 Å². The number of benzene rings is 1. The van der Waals surface area contributed by atoms with Gasteiger partial charge in [-0.15, -0.1) is 0 Å². The molecule has 1 aromatic carbocycles. The number of hydrogen-bond acceptors (Lipinski definition) is 2. The van der Waals surface area contributed by atoms with Gasteiger partial charge >= 0.3 is 0 Å². The molecular formula is C17H24FN3. The Morgan fingerprint density at radius 3 is 2.52 bits per heavy atom. The Hall–Kier alpha value is -1.68. The van der Waals surface area contributed by atoms with Crippen LogP contribution in [0, 0.1) is 18.7 Å². The molecule has 1 unspecified atom stereocenters. The van der Waals surface area contributed by atoms with Gasteiger partial charge in [0.15, 0.2) is 0 Å². The Balaban J connectivity index is 2.06. The highest BCUT2D eigenvalue weighted by molar-refractivity contribution is 5.17. The van der Waals surface area contributed by atoms with Crippen molar-refractivity contribution in [1.29, 1.82) is 0 Å². The molecule has 0 aliphatic carbocycles. The Labute approximate surface area is 126 Å². The molecule has 2 rings (SSSR count). The molecule has 4 heteroatoms. The van der Waals surface area contributed by atoms with Gasteiger partial charge in [-0.3, -0.25) is 4.68 Å². The van der Waals surface area contributed by atoms with Gasteiger partial charge in [-0.1, -0.05) is 19.1 Å². The lowest BCUT2D eigenvalue weighted by atomic mass is 9.94. The van der Waals surface area contributed by atoms with Crippen LogP contribution in [0.15, 0.2) is 30.3 Å². The summed E-state index contributed by atoms with van der Waals surface area (Å²) < 4.78 is 15.0. The van der Waals surface area contributed by atoms with Crippen molar-refractivity contribution < 1.29 is 4.39 Å². The second-order valence-electron chi connectivity index (χ2n) is 5.61. The van der Waals surface area contributed by atoms with Crippen molar-refractivity contribution in [2.24, 2.45) is 13.0 Å². The summed E-state index contributed by atoms with van der Waals surface area (Å²) in [5.74, 6) is 0.300. The van der Waals surface area contributed by atoms with Gasteiger partial charge < -0.3 is 5.32 Å². The summed E-state index contributed by atoms with van der Waals surface area (Å²) in [7, 11) is 1.99. The van der Waals surface area contributed by atoms with E-state index >= 15 is 0 Å². The predicted octanol–water partition coefficient (Wildman–Crippen LogP) is 2.88. The number of rotatable bonds is 7. The zero-order chi connectivity index (χ0) is 15.2. The van der Waals surface area contributed by atoms with E-state index in [0.29, 0.717) is 5.92 Å². The third-order valence-electron chi connectivity index (χ3n) is 3.72. The largest absolute Gasteiger partial charge is 0.317 e. The minimum atomic E-state index is -0.177. The molecule has 1 N–H and O–H groups in total. The van der Waals surface area contributed by atoms with Crippen molar-refractivity contribution in [3.05, 3.63) is 53.1 Å². The highest BCUT2D eigenvalue weighted by atomic mass is 19.1. The first-order valence-electron chi connectivity index (χ1n) is 7.53. The first-order chi connectivity index (χ1) is 10.1. The number of nitrogens with zero attached hydrogens (tertiary/aromatic N) is 2. The molecule has 0 aliphatic rings. The molecule has 0 radical (unpaired) electrons. The summed E-state index contributed by atoms with van der Waals surface area (Å²) in [5.41, 5.74) is 3.48. The molecule has 1 aromatic heterocycles. The van der Waals surface area contributed by atoms with Gasteiger partial charge in [0.25, 0.3) is 0 Å². The van der Waals surface area contributed by atoms with E-state index in [-0.39, 0.29) is 5.82 Å². The van der Waals surface area contributed by atoms with E-state index in [1.165, 1.54) is 23.4 Å². The minimum Gasteiger partial charge on any atom is -0.317 e. The molecule has 0 aliphatic heterocycles. The fourth-order valence-electron chi connectivity index (χ4n) is 2.67. The summed E-state index contributed by atoms with van der Waals surface area (Å²) in [5, 5.41) is 7.83. The Kier molecular flexibility index (Phi) is 5.51. The number of halogens is 1. The van der Waals surface area contributed by atoms with E-state index < -0.39 is 0 Å². The zero-order valence-electron chi connectivity index (χ0n) is 13.1. The van der Waals surface area contributed by atoms with Crippen molar-refractivity contribution >= 4 is 0 Å². The molecule has 0 bridgehead atoms. The lowest BCUT2D eigenvalue weighted by molar-refractivity contribution is 0.464. The van der Waals surface area contributed by atoms with Gasteiger partial charge in [0.1, 0.15) is 5.82 Å². The number of aromatic nitrogens is 2. The van der Waals surface area contributed by atoms with Crippen molar-refractivity contribution in [3.8, 4) is 0 Å². The maximum absolute atomic E-state index is 13.0. The van der Waals surface area contributed by atoms with Crippen molar-refractivity contribution in [2.75, 3.05) is 13.1 Å². The third-order valence-corrected chi connectivity index (χ3v) is 3.72. The predicted molar refractivity (Wildman–Crippen MR) is 83.8 cm³/mol. The van der Waals surface area contributed by atoms with Crippen LogP contribution < -0.4 is 5.32 Å². The average Bonchev–Trinajstić information content (AvgIpc) is 2.76. The van der Waals surface area contributed by atoms with Crippen molar-refractivity contribution in [3.63, 3.8) is 0 Å². The second-order valence-corrected chi connectivity index (χ2v) is 5.61. The van der Waals surface area contributed by atoms with Crippen LogP contribution in [-0.2, 0) is 19.9 Å². The highest BCUT2D eigenvalue weighted by Gasteiger charge is 2.13. The fraction of sp³-hybridized carbons (Fsp3) is 0.471. The van der Waals surface area contributed by atoms with Crippen LogP contribution in [0.4, 0.5) is 4.39 Å². The molecular weight excluding hydrogens is 265 g/mol. The SMILES string of the molecule is CCNCC(Cc1ccc(F)cc1)Cc1cc(C)nn1C. The monoisotopic (exact) mass is 289 g/mol. The van der Waals surface area contributed by atoms with E-state index in [9.17, 15) is 4.39 Å². The lowest BCUT2D eigenvalue weighted by Gasteiger charge is -2.17. The van der Waals surface area contributed by atoms with Crippen LogP contribution in [0.2, 0.25) is 0 Å². The normalized spacial score (nSPS) is 12.6. The zero-order valence-corrected chi connectivity index (χ0v) is 13.1. The Bertz CT molecular complexity index is 560. The molecule has 0 amide bonds. The molecule has 0 fully saturated rings. The van der Waals surface area contributed by atoms with Gasteiger partial charge in [0.05, 0.1) is 5.69 Å². The van der Waals surface area contributed by atoms with Crippen LogP contribution in [-0.4, -0.2) is 22.9 Å². The molecule has 0 saturated carbocycles. The van der Waals surface area contributed by atoms with Crippen molar-refractivity contribution in [2.45, 2.75) is 26.7 Å². The molecule has 114 valence electrons. The van der Waals surface area contributed by atoms with Gasteiger partial charge in [0.2, 0.25) is 0 Å². The molecule has 2 aromatic rings. The molecule has 0 saturated heterocycles. The average molecular weight is 289 g/mol. The molecule has 3 nitrogen and oxygen atoms in total. The van der Waals surface area contributed by atoms with E-state index in [2.05, 4.69) is 23.4 Å². The van der Waals surface area contributed by atoms with Crippen LogP contribution >= 0.6 is 0 Å². The molecule has 0 spiro atoms. The highest BCUT2D eigenvalue weighted by Crippen LogP contribution is 2.15. The topological polar surface area (TPSA) is 29.9 Å². The van der Waals surface area contributed by atoms with Crippen LogP contribution in [0.1, 0.15) is 23.9 Å². The lowest BCUT2D eigenvalue weighted by Crippen LogP contribution is -2.26. The summed E-state index contributed by atoms with van der Waals surface area (Å²) in [4.78, 5) is 0. The van der Waals surface area contributed by atoms with Crippen LogP contribution in [0.5, 0.6) is 0 Å². The molecule has 1 atom stereocenters. The van der Waals surface area contributed by atoms with Gasteiger partial charge in [0, 0.05) is 12.7 Å². The fourth-order valence-corrected chi connectivity index (χ4v) is 2.67. The van der Waals surface area contributed by atoms with E-state index in [1.54, 1.807) is 0 Å². The first kappa shape index (κ1) is 15.7.